The fourth-order valence-electron chi connectivity index (χ4n) is 1.83. The molecule has 86 valence electrons. The Labute approximate surface area is 95.3 Å². The summed E-state index contributed by atoms with van der Waals surface area (Å²) in [6.07, 6.45) is 3.17. The van der Waals surface area contributed by atoms with Gasteiger partial charge in [-0.05, 0) is 25.1 Å². The third kappa shape index (κ3) is 1.43. The van der Waals surface area contributed by atoms with Gasteiger partial charge in [-0.15, -0.1) is 0 Å². The smallest absolute Gasteiger partial charge is 0.306 e. The molecule has 0 aliphatic carbocycles. The van der Waals surface area contributed by atoms with Gasteiger partial charge in [-0.3, -0.25) is 4.40 Å². The van der Waals surface area contributed by atoms with E-state index in [0.717, 1.165) is 18.2 Å². The number of fused-ring (bicyclic) bond motifs is 1. The molecule has 5 heteroatoms. The van der Waals surface area contributed by atoms with Gasteiger partial charge in [0.15, 0.2) is 0 Å². The van der Waals surface area contributed by atoms with Crippen LogP contribution in [0.3, 0.4) is 0 Å². The van der Waals surface area contributed by atoms with E-state index in [1.165, 1.54) is 6.26 Å². The molecular weight excluding hydrogens is 226 g/mol. The molecule has 17 heavy (non-hydrogen) atoms. The maximum Gasteiger partial charge on any atom is 0.306 e. The van der Waals surface area contributed by atoms with Crippen LogP contribution in [0.5, 0.6) is 0 Å². The fourth-order valence-corrected chi connectivity index (χ4v) is 1.83. The van der Waals surface area contributed by atoms with Crippen LogP contribution >= 0.6 is 0 Å². The number of aryl methyl sites for hydroxylation is 1. The summed E-state index contributed by atoms with van der Waals surface area (Å²) < 4.78 is 33.5. The molecule has 0 atom stereocenters. The zero-order valence-corrected chi connectivity index (χ0v) is 8.95. The molecule has 0 N–H and O–H groups in total. The number of hydrogen-bond acceptors (Lipinski definition) is 2. The number of rotatable bonds is 1. The van der Waals surface area contributed by atoms with Crippen LogP contribution in [-0.4, -0.2) is 9.38 Å². The molecule has 2 heterocycles. The molecule has 3 aromatic rings. The summed E-state index contributed by atoms with van der Waals surface area (Å²) in [5.41, 5.74) is 1.24. The van der Waals surface area contributed by atoms with Crippen molar-refractivity contribution in [1.29, 1.82) is 0 Å². The van der Waals surface area contributed by atoms with E-state index in [4.69, 9.17) is 4.42 Å². The third-order valence-corrected chi connectivity index (χ3v) is 2.68. The Kier molecular flexibility index (Phi) is 2.01. The molecule has 3 rings (SSSR count). The van der Waals surface area contributed by atoms with Gasteiger partial charge >= 0.3 is 5.84 Å². The molecule has 3 nitrogen and oxygen atoms in total. The van der Waals surface area contributed by atoms with E-state index in [-0.39, 0.29) is 5.56 Å². The standard InChI is InChI=1S/C12H8F2N2O/c1-7-11(15-12-16(7)4-5-17-12)9-6-8(13)2-3-10(9)14/h2-6H,1H3. The summed E-state index contributed by atoms with van der Waals surface area (Å²) in [7, 11) is 0. The average Bonchev–Trinajstić information content (AvgIpc) is 2.86. The molecule has 0 saturated carbocycles. The Morgan fingerprint density at radius 3 is 2.88 bits per heavy atom. The highest BCUT2D eigenvalue weighted by Gasteiger charge is 2.16. The van der Waals surface area contributed by atoms with Crippen molar-refractivity contribution in [2.24, 2.45) is 0 Å². The maximum atomic E-state index is 13.6. The summed E-state index contributed by atoms with van der Waals surface area (Å²) in [6.45, 7) is 1.77. The molecule has 0 bridgehead atoms. The van der Waals surface area contributed by atoms with Gasteiger partial charge in [0.25, 0.3) is 0 Å². The van der Waals surface area contributed by atoms with Gasteiger partial charge in [0, 0.05) is 11.8 Å². The van der Waals surface area contributed by atoms with E-state index in [2.05, 4.69) is 4.98 Å². The van der Waals surface area contributed by atoms with Crippen LogP contribution in [0.25, 0.3) is 17.1 Å². The molecule has 0 radical (unpaired) electrons. The molecule has 2 aromatic heterocycles. The molecule has 0 spiro atoms. The minimum absolute atomic E-state index is 0.140. The van der Waals surface area contributed by atoms with E-state index in [1.807, 2.05) is 0 Å². The van der Waals surface area contributed by atoms with Gasteiger partial charge in [-0.1, -0.05) is 0 Å². The number of benzene rings is 1. The number of aromatic nitrogens is 2. The fraction of sp³-hybridized carbons (Fsp3) is 0.0833. The number of nitrogens with zero attached hydrogens (tertiary/aromatic N) is 2. The summed E-state index contributed by atoms with van der Waals surface area (Å²) >= 11 is 0. The Balaban J connectivity index is 2.29. The Hall–Kier alpha value is -2.17. The van der Waals surface area contributed by atoms with Crippen LogP contribution < -0.4 is 0 Å². The van der Waals surface area contributed by atoms with Crippen molar-refractivity contribution in [1.82, 2.24) is 9.38 Å². The van der Waals surface area contributed by atoms with Crippen LogP contribution in [0.4, 0.5) is 8.78 Å². The largest absolute Gasteiger partial charge is 0.432 e. The second-order valence-electron chi connectivity index (χ2n) is 3.73. The molecular formula is C12H8F2N2O. The van der Waals surface area contributed by atoms with Crippen LogP contribution in [0.2, 0.25) is 0 Å². The number of oxazole rings is 1. The van der Waals surface area contributed by atoms with Crippen molar-refractivity contribution < 1.29 is 13.2 Å². The van der Waals surface area contributed by atoms with Gasteiger partial charge in [0.05, 0.1) is 11.4 Å². The number of imidazole rings is 1. The van der Waals surface area contributed by atoms with E-state index >= 15 is 0 Å². The number of hydrogen-bond donors (Lipinski definition) is 0. The lowest BCUT2D eigenvalue weighted by Gasteiger charge is -2.01. The first-order valence-corrected chi connectivity index (χ1v) is 5.04. The van der Waals surface area contributed by atoms with E-state index in [9.17, 15) is 8.78 Å². The summed E-state index contributed by atoms with van der Waals surface area (Å²) in [5, 5.41) is 0. The van der Waals surface area contributed by atoms with Crippen molar-refractivity contribution in [3.63, 3.8) is 0 Å². The Morgan fingerprint density at radius 2 is 2.12 bits per heavy atom. The predicted molar refractivity (Wildman–Crippen MR) is 57.5 cm³/mol. The van der Waals surface area contributed by atoms with Crippen molar-refractivity contribution in [2.75, 3.05) is 0 Å². The topological polar surface area (TPSA) is 30.4 Å². The first-order chi connectivity index (χ1) is 8.16. The first-order valence-electron chi connectivity index (χ1n) is 5.04. The number of halogens is 2. The van der Waals surface area contributed by atoms with Crippen LogP contribution in [-0.2, 0) is 0 Å². The minimum Gasteiger partial charge on any atom is -0.432 e. The zero-order chi connectivity index (χ0) is 12.0. The Bertz CT molecular complexity index is 700. The maximum absolute atomic E-state index is 13.6. The highest BCUT2D eigenvalue weighted by molar-refractivity contribution is 5.65. The van der Waals surface area contributed by atoms with Gasteiger partial charge in [0.1, 0.15) is 17.9 Å². The minimum atomic E-state index is -0.504. The molecule has 0 fully saturated rings. The summed E-state index contributed by atoms with van der Waals surface area (Å²) in [4.78, 5) is 4.13. The van der Waals surface area contributed by atoms with E-state index in [1.54, 1.807) is 17.5 Å². The molecule has 0 aliphatic rings. The van der Waals surface area contributed by atoms with Crippen LogP contribution in [0.15, 0.2) is 35.1 Å². The van der Waals surface area contributed by atoms with Gasteiger partial charge in [-0.25, -0.2) is 8.78 Å². The summed E-state index contributed by atoms with van der Waals surface area (Å²) in [5.74, 6) is -0.637. The Morgan fingerprint density at radius 1 is 1.29 bits per heavy atom. The second kappa shape index (κ2) is 3.41. The van der Waals surface area contributed by atoms with Gasteiger partial charge in [0.2, 0.25) is 0 Å². The SMILES string of the molecule is Cc1c(-c2cc(F)ccc2F)nc2occn12. The predicted octanol–water partition coefficient (Wildman–Crippen LogP) is 3.18. The van der Waals surface area contributed by atoms with E-state index < -0.39 is 11.6 Å². The normalized spacial score (nSPS) is 11.2. The van der Waals surface area contributed by atoms with Crippen molar-refractivity contribution >= 4 is 5.84 Å². The van der Waals surface area contributed by atoms with Crippen molar-refractivity contribution in [3.05, 3.63) is 48.0 Å². The van der Waals surface area contributed by atoms with Crippen LogP contribution in [0.1, 0.15) is 5.69 Å². The lowest BCUT2D eigenvalue weighted by atomic mass is 10.1. The third-order valence-electron chi connectivity index (χ3n) is 2.68. The summed E-state index contributed by atoms with van der Waals surface area (Å²) in [6, 6.07) is 3.30. The second-order valence-corrected chi connectivity index (χ2v) is 3.73. The molecule has 0 aliphatic heterocycles. The molecule has 0 saturated heterocycles. The monoisotopic (exact) mass is 234 g/mol. The van der Waals surface area contributed by atoms with Crippen LogP contribution in [0, 0.1) is 18.6 Å². The first kappa shape index (κ1) is 10.0. The average molecular weight is 234 g/mol. The van der Waals surface area contributed by atoms with Gasteiger partial charge < -0.3 is 4.42 Å². The lowest BCUT2D eigenvalue weighted by molar-refractivity contribution is 0.594. The highest BCUT2D eigenvalue weighted by Crippen LogP contribution is 2.27. The molecule has 0 amide bonds. The van der Waals surface area contributed by atoms with E-state index in [0.29, 0.717) is 17.2 Å². The van der Waals surface area contributed by atoms with Gasteiger partial charge in [-0.2, -0.15) is 4.98 Å². The molecule has 1 aromatic carbocycles. The zero-order valence-electron chi connectivity index (χ0n) is 8.95. The van der Waals surface area contributed by atoms with Crippen molar-refractivity contribution in [3.8, 4) is 11.3 Å². The quantitative estimate of drug-likeness (QED) is 0.647. The molecule has 0 unspecified atom stereocenters. The highest BCUT2D eigenvalue weighted by atomic mass is 19.1. The van der Waals surface area contributed by atoms with Crippen molar-refractivity contribution in [2.45, 2.75) is 6.92 Å². The lowest BCUT2D eigenvalue weighted by Crippen LogP contribution is -1.89.